The molecule has 53 valence electrons. The Labute approximate surface area is 55.0 Å². The number of hydrogen-bond acceptors (Lipinski definition) is 3. The van der Waals surface area contributed by atoms with Gasteiger partial charge in [0.2, 0.25) is 0 Å². The summed E-state index contributed by atoms with van der Waals surface area (Å²) in [5, 5.41) is 0. The zero-order valence-electron chi connectivity index (χ0n) is 5.72. The van der Waals surface area contributed by atoms with Crippen LogP contribution in [-0.2, 0) is 14.3 Å². The maximum atomic E-state index is 10.1. The summed E-state index contributed by atoms with van der Waals surface area (Å²) >= 11 is 0. The fraction of sp³-hybridized carbons (Fsp3) is 0.667. The molecule has 0 atom stereocenters. The average molecular weight is 131 g/mol. The van der Waals surface area contributed by atoms with Crippen LogP contribution < -0.4 is 0 Å². The summed E-state index contributed by atoms with van der Waals surface area (Å²) in [6, 6.07) is 0. The molecule has 0 fully saturated rings. The second-order valence-corrected chi connectivity index (χ2v) is 1.56. The molecule has 9 heavy (non-hydrogen) atoms. The molecule has 0 saturated carbocycles. The highest BCUT2D eigenvalue weighted by atomic mass is 16.5. The van der Waals surface area contributed by atoms with E-state index in [1.54, 1.807) is 7.11 Å². The summed E-state index contributed by atoms with van der Waals surface area (Å²) in [6.45, 7) is 3.39. The van der Waals surface area contributed by atoms with Gasteiger partial charge in [-0.2, -0.15) is 0 Å². The van der Waals surface area contributed by atoms with Gasteiger partial charge in [-0.15, -0.1) is 0 Å². The first kappa shape index (κ1) is 8.43. The van der Waals surface area contributed by atoms with E-state index < -0.39 is 0 Å². The Morgan fingerprint density at radius 2 is 2.33 bits per heavy atom. The Bertz CT molecular complexity index is 80.4. The summed E-state index contributed by atoms with van der Waals surface area (Å²) in [4.78, 5) is 10.1. The van der Waals surface area contributed by atoms with Crippen molar-refractivity contribution in [3.8, 4) is 0 Å². The zero-order chi connectivity index (χ0) is 7.11. The fourth-order valence-electron chi connectivity index (χ4n) is 0.342. The van der Waals surface area contributed by atoms with Crippen LogP contribution in [0.2, 0.25) is 0 Å². The van der Waals surface area contributed by atoms with Gasteiger partial charge in [-0.3, -0.25) is 4.79 Å². The van der Waals surface area contributed by atoms with Crippen molar-refractivity contribution in [1.82, 2.24) is 0 Å². The van der Waals surface area contributed by atoms with Gasteiger partial charge in [0, 0.05) is 27.1 Å². The van der Waals surface area contributed by atoms with Crippen molar-refractivity contribution in [2.45, 2.75) is 13.3 Å². The standard InChI is InChI=1S/C6H11O3/c1-6(7)9-5-3-4-8-2/h5H,3-4H2,1-2H3. The summed E-state index contributed by atoms with van der Waals surface area (Å²) in [5.74, 6) is -0.286. The lowest BCUT2D eigenvalue weighted by Crippen LogP contribution is -1.97. The van der Waals surface area contributed by atoms with Crippen LogP contribution in [0.1, 0.15) is 13.3 Å². The normalized spacial score (nSPS) is 9.11. The van der Waals surface area contributed by atoms with Gasteiger partial charge < -0.3 is 9.47 Å². The number of carbonyl (C=O) groups is 1. The highest BCUT2D eigenvalue weighted by molar-refractivity contribution is 5.66. The minimum atomic E-state index is -0.286. The summed E-state index contributed by atoms with van der Waals surface area (Å²) in [7, 11) is 1.60. The lowest BCUT2D eigenvalue weighted by atomic mass is 10.5. The Balaban J connectivity index is 2.83. The second-order valence-electron chi connectivity index (χ2n) is 1.56. The molecule has 0 saturated heterocycles. The smallest absolute Gasteiger partial charge is 0.303 e. The molecule has 0 aromatic heterocycles. The summed E-state index contributed by atoms with van der Waals surface area (Å²) in [6.07, 6.45) is 0.649. The maximum Gasteiger partial charge on any atom is 0.303 e. The maximum absolute atomic E-state index is 10.1. The van der Waals surface area contributed by atoms with Crippen molar-refractivity contribution in [1.29, 1.82) is 0 Å². The third-order valence-electron chi connectivity index (χ3n) is 0.689. The van der Waals surface area contributed by atoms with Gasteiger partial charge >= 0.3 is 5.97 Å². The third-order valence-corrected chi connectivity index (χ3v) is 0.689. The first-order valence-electron chi connectivity index (χ1n) is 2.75. The molecule has 1 radical (unpaired) electrons. The molecule has 0 rings (SSSR count). The number of hydrogen-bond donors (Lipinski definition) is 0. The molecule has 0 aliphatic carbocycles. The molecule has 0 unspecified atom stereocenters. The predicted molar refractivity (Wildman–Crippen MR) is 32.6 cm³/mol. The molecular formula is C6H11O3. The van der Waals surface area contributed by atoms with Gasteiger partial charge in [-0.1, -0.05) is 0 Å². The SMILES string of the molecule is COCC[CH]OC(C)=O. The first-order chi connectivity index (χ1) is 4.27. The van der Waals surface area contributed by atoms with E-state index >= 15 is 0 Å². The number of esters is 1. The van der Waals surface area contributed by atoms with Gasteiger partial charge in [0.05, 0.1) is 0 Å². The molecule has 0 aliphatic heterocycles. The van der Waals surface area contributed by atoms with Crippen molar-refractivity contribution >= 4 is 5.97 Å². The van der Waals surface area contributed by atoms with Crippen LogP contribution in [0, 0.1) is 6.61 Å². The largest absolute Gasteiger partial charge is 0.459 e. The van der Waals surface area contributed by atoms with Gasteiger partial charge in [-0.05, 0) is 0 Å². The molecule has 0 aliphatic rings. The van der Waals surface area contributed by atoms with E-state index in [1.807, 2.05) is 0 Å². The van der Waals surface area contributed by atoms with E-state index in [0.29, 0.717) is 13.0 Å². The van der Waals surface area contributed by atoms with Gasteiger partial charge in [-0.25, -0.2) is 0 Å². The molecule has 3 heteroatoms. The minimum Gasteiger partial charge on any atom is -0.459 e. The number of ether oxygens (including phenoxy) is 2. The highest BCUT2D eigenvalue weighted by Crippen LogP contribution is 1.89. The minimum absolute atomic E-state index is 0.286. The Kier molecular flexibility index (Phi) is 5.21. The van der Waals surface area contributed by atoms with Gasteiger partial charge in [0.25, 0.3) is 0 Å². The molecule has 0 aromatic carbocycles. The van der Waals surface area contributed by atoms with Crippen molar-refractivity contribution in [2.24, 2.45) is 0 Å². The van der Waals surface area contributed by atoms with Crippen molar-refractivity contribution < 1.29 is 14.3 Å². The number of methoxy groups -OCH3 is 1. The predicted octanol–water partition coefficient (Wildman–Crippen LogP) is 0.748. The van der Waals surface area contributed by atoms with Crippen LogP contribution in [0.15, 0.2) is 0 Å². The van der Waals surface area contributed by atoms with E-state index in [1.165, 1.54) is 13.5 Å². The van der Waals surface area contributed by atoms with Gasteiger partial charge in [0.15, 0.2) is 0 Å². The van der Waals surface area contributed by atoms with E-state index in [0.717, 1.165) is 0 Å². The number of rotatable bonds is 4. The molecule has 0 N–H and O–H groups in total. The first-order valence-corrected chi connectivity index (χ1v) is 2.75. The molecular weight excluding hydrogens is 120 g/mol. The van der Waals surface area contributed by atoms with Crippen LogP contribution in [0.25, 0.3) is 0 Å². The average Bonchev–Trinajstić information content (AvgIpc) is 1.80. The van der Waals surface area contributed by atoms with E-state index in [9.17, 15) is 4.79 Å². The fourth-order valence-corrected chi connectivity index (χ4v) is 0.342. The zero-order valence-corrected chi connectivity index (χ0v) is 5.72. The molecule has 0 amide bonds. The third kappa shape index (κ3) is 7.43. The van der Waals surface area contributed by atoms with E-state index in [-0.39, 0.29) is 5.97 Å². The Hall–Kier alpha value is -0.570. The lowest BCUT2D eigenvalue weighted by molar-refractivity contribution is -0.137. The van der Waals surface area contributed by atoms with Crippen LogP contribution in [0.5, 0.6) is 0 Å². The van der Waals surface area contributed by atoms with Crippen LogP contribution >= 0.6 is 0 Å². The summed E-state index contributed by atoms with van der Waals surface area (Å²) < 4.78 is 9.20. The van der Waals surface area contributed by atoms with Gasteiger partial charge in [0.1, 0.15) is 6.61 Å². The Morgan fingerprint density at radius 3 is 2.78 bits per heavy atom. The topological polar surface area (TPSA) is 35.5 Å². The number of carbonyl (C=O) groups excluding carboxylic acids is 1. The molecule has 3 nitrogen and oxygen atoms in total. The molecule has 0 bridgehead atoms. The van der Waals surface area contributed by atoms with E-state index in [4.69, 9.17) is 4.74 Å². The highest BCUT2D eigenvalue weighted by Gasteiger charge is 1.91. The van der Waals surface area contributed by atoms with Crippen LogP contribution in [-0.4, -0.2) is 19.7 Å². The molecule has 0 heterocycles. The van der Waals surface area contributed by atoms with E-state index in [2.05, 4.69) is 4.74 Å². The van der Waals surface area contributed by atoms with Crippen LogP contribution in [0.3, 0.4) is 0 Å². The quantitative estimate of drug-likeness (QED) is 0.417. The summed E-state index contributed by atoms with van der Waals surface area (Å²) in [5.41, 5.74) is 0. The second kappa shape index (κ2) is 5.56. The van der Waals surface area contributed by atoms with Crippen LogP contribution in [0.4, 0.5) is 0 Å². The molecule has 0 aromatic rings. The van der Waals surface area contributed by atoms with Crippen molar-refractivity contribution in [3.05, 3.63) is 6.61 Å². The Morgan fingerprint density at radius 1 is 1.67 bits per heavy atom. The molecule has 0 spiro atoms. The van der Waals surface area contributed by atoms with Crippen molar-refractivity contribution in [2.75, 3.05) is 13.7 Å². The van der Waals surface area contributed by atoms with Crippen molar-refractivity contribution in [3.63, 3.8) is 0 Å². The monoisotopic (exact) mass is 131 g/mol. The lowest BCUT2D eigenvalue weighted by Gasteiger charge is -1.97.